The molecule has 53 heavy (non-hydrogen) atoms. The number of pyridine rings is 2. The normalized spacial score (nSPS) is 11.4. The van der Waals surface area contributed by atoms with Crippen LogP contribution in [0.15, 0.2) is 119 Å². The van der Waals surface area contributed by atoms with Crippen LogP contribution in [-0.4, -0.2) is 37.2 Å². The smallest absolute Gasteiger partial charge is 0.337 e. The van der Waals surface area contributed by atoms with E-state index < -0.39 is 33.5 Å². The maximum Gasteiger partial charge on any atom is 0.337 e. The van der Waals surface area contributed by atoms with Gasteiger partial charge in [0.05, 0.1) is 32.3 Å². The summed E-state index contributed by atoms with van der Waals surface area (Å²) >= 11 is 13.6. The highest BCUT2D eigenvalue weighted by Crippen LogP contribution is 2.55. The second-order valence-corrected chi connectivity index (χ2v) is 13.1. The van der Waals surface area contributed by atoms with E-state index in [1.54, 1.807) is 85.3 Å². The van der Waals surface area contributed by atoms with Gasteiger partial charge in [0, 0.05) is 68.9 Å². The number of hydrogen-bond acceptors (Lipinski definition) is 7. The summed E-state index contributed by atoms with van der Waals surface area (Å²) in [7, 11) is 0. The van der Waals surface area contributed by atoms with E-state index in [0.717, 1.165) is 11.6 Å². The van der Waals surface area contributed by atoms with E-state index in [0.29, 0.717) is 27.6 Å². The van der Waals surface area contributed by atoms with Crippen molar-refractivity contribution in [2.45, 2.75) is 6.92 Å². The summed E-state index contributed by atoms with van der Waals surface area (Å²) < 4.78 is 6.90. The predicted molar refractivity (Wildman–Crippen MR) is 204 cm³/mol. The molecule has 0 saturated heterocycles. The zero-order valence-electron chi connectivity index (χ0n) is 27.5. The summed E-state index contributed by atoms with van der Waals surface area (Å²) in [6.07, 6.45) is 6.22. The minimum absolute atomic E-state index is 0.0248. The predicted octanol–water partition coefficient (Wildman–Crippen LogP) is 10.2. The maximum atomic E-state index is 14.5. The van der Waals surface area contributed by atoms with Crippen LogP contribution in [0, 0.1) is 6.92 Å². The SMILES string of the molecule is Cc1ccccc1-c1c(O)c(-c2cccnc2)cc2c(-c3c(Cl)c(C(=O)O)cc(Cl)c3C(=O)O)c3c4ccccc4c(=O)c(-c4cccnc4)c-3oc12. The van der Waals surface area contributed by atoms with Crippen LogP contribution < -0.4 is 5.43 Å². The fourth-order valence-corrected chi connectivity index (χ4v) is 7.63. The Morgan fingerprint density at radius 2 is 1.34 bits per heavy atom. The molecule has 9 nitrogen and oxygen atoms in total. The number of aromatic carboxylic acids is 2. The van der Waals surface area contributed by atoms with Crippen molar-refractivity contribution < 1.29 is 29.3 Å². The largest absolute Gasteiger partial charge is 0.507 e. The number of fused-ring (bicyclic) bond motifs is 4. The average molecular weight is 740 g/mol. The first-order valence-corrected chi connectivity index (χ1v) is 16.9. The molecule has 0 fully saturated rings. The minimum Gasteiger partial charge on any atom is -0.507 e. The molecule has 3 heterocycles. The number of rotatable bonds is 6. The number of phenols is 1. The third-order valence-corrected chi connectivity index (χ3v) is 10.0. The lowest BCUT2D eigenvalue weighted by molar-refractivity contribution is 0.0682. The molecule has 258 valence electrons. The van der Waals surface area contributed by atoms with E-state index in [1.807, 2.05) is 19.1 Å². The molecule has 8 rings (SSSR count). The molecule has 6 aromatic rings. The van der Waals surface area contributed by atoms with Gasteiger partial charge < -0.3 is 19.7 Å². The van der Waals surface area contributed by atoms with E-state index in [-0.39, 0.29) is 60.7 Å². The lowest BCUT2D eigenvalue weighted by atomic mass is 9.82. The van der Waals surface area contributed by atoms with Crippen LogP contribution in [0.5, 0.6) is 5.75 Å². The van der Waals surface area contributed by atoms with Gasteiger partial charge in [0.1, 0.15) is 17.1 Å². The van der Waals surface area contributed by atoms with Gasteiger partial charge in [-0.2, -0.15) is 0 Å². The first kappa shape index (κ1) is 33.6. The first-order valence-electron chi connectivity index (χ1n) is 16.1. The van der Waals surface area contributed by atoms with Gasteiger partial charge in [-0.15, -0.1) is 0 Å². The molecular formula is C42H24Cl2N2O7. The molecule has 0 atom stereocenters. The van der Waals surface area contributed by atoms with Crippen molar-refractivity contribution in [1.29, 1.82) is 0 Å². The number of carboxylic acid groups (broad SMARTS) is 2. The Morgan fingerprint density at radius 3 is 1.98 bits per heavy atom. The van der Waals surface area contributed by atoms with Crippen LogP contribution in [0.4, 0.5) is 0 Å². The Morgan fingerprint density at radius 1 is 0.679 bits per heavy atom. The van der Waals surface area contributed by atoms with Crippen LogP contribution in [0.3, 0.4) is 0 Å². The van der Waals surface area contributed by atoms with Gasteiger partial charge in [-0.3, -0.25) is 14.8 Å². The second kappa shape index (κ2) is 12.9. The molecule has 3 N–H and O–H groups in total. The molecule has 1 aliphatic carbocycles. The number of carbonyl (C=O) groups is 2. The lowest BCUT2D eigenvalue weighted by Gasteiger charge is -2.25. The highest BCUT2D eigenvalue weighted by Gasteiger charge is 2.34. The van der Waals surface area contributed by atoms with E-state index in [1.165, 1.54) is 6.20 Å². The molecule has 0 unspecified atom stereocenters. The Labute approximate surface area is 310 Å². The molecule has 0 amide bonds. The van der Waals surface area contributed by atoms with Gasteiger partial charge in [-0.25, -0.2) is 9.59 Å². The Balaban J connectivity index is 1.76. The molecule has 0 spiro atoms. The number of aryl methyl sites for hydroxylation is 1. The summed E-state index contributed by atoms with van der Waals surface area (Å²) in [6, 6.07) is 23.5. The van der Waals surface area contributed by atoms with Crippen molar-refractivity contribution in [3.05, 3.63) is 147 Å². The van der Waals surface area contributed by atoms with Crippen LogP contribution in [0.2, 0.25) is 10.0 Å². The molecule has 1 aliphatic heterocycles. The van der Waals surface area contributed by atoms with E-state index in [4.69, 9.17) is 27.6 Å². The van der Waals surface area contributed by atoms with E-state index >= 15 is 0 Å². The summed E-state index contributed by atoms with van der Waals surface area (Å²) in [5, 5.41) is 33.4. The van der Waals surface area contributed by atoms with Crippen molar-refractivity contribution in [2.24, 2.45) is 0 Å². The summed E-state index contributed by atoms with van der Waals surface area (Å²) in [5.74, 6) is -3.08. The quantitative estimate of drug-likeness (QED) is 0.112. The molecule has 0 bridgehead atoms. The van der Waals surface area contributed by atoms with E-state index in [9.17, 15) is 29.7 Å². The molecule has 11 heteroatoms. The van der Waals surface area contributed by atoms with Gasteiger partial charge in [-0.1, -0.05) is 83.9 Å². The number of phenolic OH excluding ortho intramolecular Hbond substituents is 1. The van der Waals surface area contributed by atoms with E-state index in [2.05, 4.69) is 9.97 Å². The number of hydrogen-bond donors (Lipinski definition) is 3. The Kier molecular flexibility index (Phi) is 8.17. The highest BCUT2D eigenvalue weighted by molar-refractivity contribution is 6.41. The van der Waals surface area contributed by atoms with Crippen molar-refractivity contribution >= 4 is 56.9 Å². The average Bonchev–Trinajstić information content (AvgIpc) is 3.16. The fourth-order valence-electron chi connectivity index (χ4n) is 7.02. The molecule has 0 radical (unpaired) electrons. The van der Waals surface area contributed by atoms with Gasteiger partial charge >= 0.3 is 11.9 Å². The van der Waals surface area contributed by atoms with Gasteiger partial charge in [0.15, 0.2) is 5.43 Å². The van der Waals surface area contributed by atoms with Crippen molar-refractivity contribution in [2.75, 3.05) is 0 Å². The standard InChI is InChI=1S/C42H24Cl2N2O7/c1-20-8-2-3-11-23(20)33-38(48)26(21-9-6-14-45-18-21)16-27-31(35-34(42(51)52)29(43)17-28(36(35)44)41(49)50)32-24-12-4-5-13-25(24)37(47)30(40(32)53-39(27)33)22-10-7-15-46-19-22/h2-19,48H,1H3,(H,49,50)(H,51,52). The number of aromatic nitrogens is 2. The minimum atomic E-state index is -1.48. The van der Waals surface area contributed by atoms with Crippen molar-refractivity contribution in [3.63, 3.8) is 0 Å². The van der Waals surface area contributed by atoms with Crippen LogP contribution in [0.1, 0.15) is 26.3 Å². The van der Waals surface area contributed by atoms with Crippen molar-refractivity contribution in [1.82, 2.24) is 9.97 Å². The molecular weight excluding hydrogens is 715 g/mol. The zero-order chi connectivity index (χ0) is 37.1. The zero-order valence-corrected chi connectivity index (χ0v) is 29.0. The topological polar surface area (TPSA) is 151 Å². The number of benzene rings is 5. The first-order chi connectivity index (χ1) is 25.6. The molecule has 4 aromatic carbocycles. The molecule has 0 saturated carbocycles. The Hall–Kier alpha value is -6.55. The highest BCUT2D eigenvalue weighted by atomic mass is 35.5. The molecule has 2 aromatic heterocycles. The van der Waals surface area contributed by atoms with Crippen LogP contribution in [-0.2, 0) is 0 Å². The van der Waals surface area contributed by atoms with Crippen LogP contribution >= 0.6 is 23.2 Å². The summed E-state index contributed by atoms with van der Waals surface area (Å²) in [5.41, 5.74) is 1.82. The summed E-state index contributed by atoms with van der Waals surface area (Å²) in [4.78, 5) is 48.8. The van der Waals surface area contributed by atoms with Gasteiger partial charge in [0.2, 0.25) is 0 Å². The number of carboxylic acids is 2. The lowest BCUT2D eigenvalue weighted by Crippen LogP contribution is -2.12. The van der Waals surface area contributed by atoms with Crippen LogP contribution in [0.25, 0.3) is 77.6 Å². The second-order valence-electron chi connectivity index (χ2n) is 12.3. The Bertz CT molecular complexity index is 2860. The molecule has 2 aliphatic rings. The number of nitrogens with zero attached hydrogens (tertiary/aromatic N) is 2. The maximum absolute atomic E-state index is 14.5. The van der Waals surface area contributed by atoms with Gasteiger partial charge in [0.25, 0.3) is 0 Å². The fraction of sp³-hybridized carbons (Fsp3) is 0.0238. The van der Waals surface area contributed by atoms with Crippen molar-refractivity contribution in [3.8, 4) is 61.6 Å². The third-order valence-electron chi connectivity index (χ3n) is 9.35. The number of aromatic hydroxyl groups is 1. The third kappa shape index (κ3) is 5.28. The monoisotopic (exact) mass is 738 g/mol. The summed E-state index contributed by atoms with van der Waals surface area (Å²) in [6.45, 7) is 1.86. The number of halogens is 2. The van der Waals surface area contributed by atoms with Gasteiger partial charge in [-0.05, 0) is 47.7 Å².